The number of nitrogens with zero attached hydrogens (tertiary/aromatic N) is 4. The van der Waals surface area contributed by atoms with Crippen LogP contribution >= 0.6 is 0 Å². The largest absolute Gasteiger partial charge is 0.342 e. The Balaban J connectivity index is 1.42. The second-order valence-electron chi connectivity index (χ2n) is 6.31. The topological polar surface area (TPSA) is 63.1 Å². The number of nitrogens with one attached hydrogen (secondary N) is 1. The Morgan fingerprint density at radius 1 is 1.33 bits per heavy atom. The fourth-order valence-corrected chi connectivity index (χ4v) is 2.98. The Morgan fingerprint density at radius 3 is 2.90 bits per heavy atom. The van der Waals surface area contributed by atoms with Gasteiger partial charge < -0.3 is 10.2 Å². The van der Waals surface area contributed by atoms with E-state index < -0.39 is 0 Å². The fourth-order valence-electron chi connectivity index (χ4n) is 2.98. The van der Waals surface area contributed by atoms with Crippen molar-refractivity contribution < 1.29 is 4.79 Å². The van der Waals surface area contributed by atoms with Gasteiger partial charge in [0.05, 0.1) is 0 Å². The molecule has 1 N–H and O–H groups in total. The standard InChI is InChI=1S/C15H25N5O/c1-19-14(17-11-18-19)6-8-16-13-4-5-15(21)20(9-7-13)10-12-2-3-12/h11-13,16H,2-10H2,1H3/t13-/m1/s1. The molecule has 116 valence electrons. The van der Waals surface area contributed by atoms with E-state index in [1.165, 1.54) is 12.8 Å². The number of hydrogen-bond acceptors (Lipinski definition) is 4. The number of hydrogen-bond donors (Lipinski definition) is 1. The van der Waals surface area contributed by atoms with Crippen molar-refractivity contribution in [3.8, 4) is 0 Å². The van der Waals surface area contributed by atoms with Crippen molar-refractivity contribution in [2.75, 3.05) is 19.6 Å². The van der Waals surface area contributed by atoms with Crippen LogP contribution in [0, 0.1) is 5.92 Å². The maximum absolute atomic E-state index is 12.1. The van der Waals surface area contributed by atoms with Crippen molar-refractivity contribution in [3.05, 3.63) is 12.2 Å². The Hall–Kier alpha value is -1.43. The summed E-state index contributed by atoms with van der Waals surface area (Å²) in [6.07, 6.45) is 7.80. The highest BCUT2D eigenvalue weighted by molar-refractivity contribution is 5.76. The van der Waals surface area contributed by atoms with Gasteiger partial charge in [0.25, 0.3) is 0 Å². The van der Waals surface area contributed by atoms with E-state index in [4.69, 9.17) is 0 Å². The Labute approximate surface area is 125 Å². The molecule has 1 saturated carbocycles. The minimum absolute atomic E-state index is 0.347. The highest BCUT2D eigenvalue weighted by Crippen LogP contribution is 2.30. The molecule has 3 rings (SSSR count). The lowest BCUT2D eigenvalue weighted by atomic mass is 10.1. The van der Waals surface area contributed by atoms with Crippen LogP contribution in [0.3, 0.4) is 0 Å². The molecule has 0 bridgehead atoms. The zero-order valence-electron chi connectivity index (χ0n) is 12.8. The van der Waals surface area contributed by atoms with Crippen LogP contribution in [0.4, 0.5) is 0 Å². The van der Waals surface area contributed by atoms with Gasteiger partial charge in [-0.2, -0.15) is 5.10 Å². The first-order chi connectivity index (χ1) is 10.2. The van der Waals surface area contributed by atoms with Crippen LogP contribution in [0.15, 0.2) is 6.33 Å². The van der Waals surface area contributed by atoms with Crippen molar-refractivity contribution in [3.63, 3.8) is 0 Å². The van der Waals surface area contributed by atoms with Gasteiger partial charge in [0.15, 0.2) is 0 Å². The summed E-state index contributed by atoms with van der Waals surface area (Å²) in [6.45, 7) is 2.80. The lowest BCUT2D eigenvalue weighted by molar-refractivity contribution is -0.130. The molecular formula is C15H25N5O. The van der Waals surface area contributed by atoms with Crippen molar-refractivity contribution in [1.82, 2.24) is 25.0 Å². The van der Waals surface area contributed by atoms with E-state index in [2.05, 4.69) is 20.3 Å². The zero-order valence-corrected chi connectivity index (χ0v) is 12.8. The van der Waals surface area contributed by atoms with Crippen molar-refractivity contribution >= 4 is 5.91 Å². The van der Waals surface area contributed by atoms with Crippen LogP contribution in [0.2, 0.25) is 0 Å². The summed E-state index contributed by atoms with van der Waals surface area (Å²) in [4.78, 5) is 18.4. The van der Waals surface area contributed by atoms with Crippen LogP contribution in [0.5, 0.6) is 0 Å². The van der Waals surface area contributed by atoms with Gasteiger partial charge in [-0.05, 0) is 31.6 Å². The second kappa shape index (κ2) is 6.56. The van der Waals surface area contributed by atoms with Crippen LogP contribution in [-0.2, 0) is 18.3 Å². The van der Waals surface area contributed by atoms with Crippen LogP contribution in [0.1, 0.15) is 37.9 Å². The van der Waals surface area contributed by atoms with Gasteiger partial charge in [-0.1, -0.05) is 0 Å². The number of carbonyl (C=O) groups is 1. The molecule has 0 radical (unpaired) electrons. The molecule has 1 aromatic rings. The van der Waals surface area contributed by atoms with Gasteiger partial charge in [0, 0.05) is 45.6 Å². The first-order valence-corrected chi connectivity index (χ1v) is 8.06. The molecule has 0 unspecified atom stereocenters. The molecule has 2 aliphatic rings. The number of aryl methyl sites for hydroxylation is 1. The fraction of sp³-hybridized carbons (Fsp3) is 0.800. The molecule has 21 heavy (non-hydrogen) atoms. The molecule has 1 saturated heterocycles. The molecule has 1 aliphatic heterocycles. The summed E-state index contributed by atoms with van der Waals surface area (Å²) in [5.41, 5.74) is 0. The lowest BCUT2D eigenvalue weighted by Crippen LogP contribution is -2.34. The van der Waals surface area contributed by atoms with Crippen molar-refractivity contribution in [2.45, 2.75) is 44.6 Å². The first-order valence-electron chi connectivity index (χ1n) is 8.06. The van der Waals surface area contributed by atoms with E-state index in [0.717, 1.165) is 50.6 Å². The normalized spacial score (nSPS) is 23.4. The summed E-state index contributed by atoms with van der Waals surface area (Å²) in [5, 5.41) is 7.65. The number of likely N-dealkylation sites (tertiary alicyclic amines) is 1. The molecule has 2 heterocycles. The second-order valence-corrected chi connectivity index (χ2v) is 6.31. The summed E-state index contributed by atoms with van der Waals surface area (Å²) in [5.74, 6) is 2.14. The lowest BCUT2D eigenvalue weighted by Gasteiger charge is -2.20. The minimum atomic E-state index is 0.347. The average Bonchev–Trinajstić information content (AvgIpc) is 3.23. The van der Waals surface area contributed by atoms with Crippen LogP contribution in [0.25, 0.3) is 0 Å². The van der Waals surface area contributed by atoms with Gasteiger partial charge in [-0.15, -0.1) is 0 Å². The predicted octanol–water partition coefficient (Wildman–Crippen LogP) is 0.738. The van der Waals surface area contributed by atoms with Crippen LogP contribution in [-0.4, -0.2) is 51.2 Å². The van der Waals surface area contributed by atoms with E-state index >= 15 is 0 Å². The zero-order chi connectivity index (χ0) is 14.7. The number of aromatic nitrogens is 3. The quantitative estimate of drug-likeness (QED) is 0.839. The van der Waals surface area contributed by atoms with Gasteiger partial charge in [-0.3, -0.25) is 9.48 Å². The summed E-state index contributed by atoms with van der Waals surface area (Å²) in [7, 11) is 1.92. The minimum Gasteiger partial charge on any atom is -0.342 e. The van der Waals surface area contributed by atoms with E-state index in [0.29, 0.717) is 18.4 Å². The average molecular weight is 291 g/mol. The van der Waals surface area contributed by atoms with Crippen LogP contribution < -0.4 is 5.32 Å². The Morgan fingerprint density at radius 2 is 2.19 bits per heavy atom. The van der Waals surface area contributed by atoms with Crippen molar-refractivity contribution in [2.24, 2.45) is 13.0 Å². The van der Waals surface area contributed by atoms with E-state index in [1.807, 2.05) is 11.7 Å². The maximum Gasteiger partial charge on any atom is 0.222 e. The first kappa shape index (κ1) is 14.5. The van der Waals surface area contributed by atoms with E-state index in [1.54, 1.807) is 6.33 Å². The van der Waals surface area contributed by atoms with Gasteiger partial charge in [0.2, 0.25) is 5.91 Å². The van der Waals surface area contributed by atoms with Gasteiger partial charge >= 0.3 is 0 Å². The predicted molar refractivity (Wildman–Crippen MR) is 79.7 cm³/mol. The highest BCUT2D eigenvalue weighted by atomic mass is 16.2. The van der Waals surface area contributed by atoms with Gasteiger partial charge in [0.1, 0.15) is 12.2 Å². The SMILES string of the molecule is Cn1ncnc1CCN[C@@H]1CCC(=O)N(CC2CC2)CC1. The van der Waals surface area contributed by atoms with E-state index in [-0.39, 0.29) is 0 Å². The molecule has 0 aromatic carbocycles. The molecule has 2 fully saturated rings. The third-order valence-electron chi connectivity index (χ3n) is 4.57. The smallest absolute Gasteiger partial charge is 0.222 e. The summed E-state index contributed by atoms with van der Waals surface area (Å²) in [6, 6.07) is 0.450. The number of rotatable bonds is 6. The molecule has 6 heteroatoms. The molecule has 1 aromatic heterocycles. The molecule has 1 atom stereocenters. The maximum atomic E-state index is 12.1. The summed E-state index contributed by atoms with van der Waals surface area (Å²) < 4.78 is 1.82. The van der Waals surface area contributed by atoms with E-state index in [9.17, 15) is 4.79 Å². The number of carbonyl (C=O) groups excluding carboxylic acids is 1. The number of amides is 1. The highest BCUT2D eigenvalue weighted by Gasteiger charge is 2.28. The molecule has 0 spiro atoms. The third-order valence-corrected chi connectivity index (χ3v) is 4.57. The molecule has 1 amide bonds. The third kappa shape index (κ3) is 4.03. The Bertz CT molecular complexity index is 482. The monoisotopic (exact) mass is 291 g/mol. The molecular weight excluding hydrogens is 266 g/mol. The molecule has 1 aliphatic carbocycles. The Kier molecular flexibility index (Phi) is 4.53. The van der Waals surface area contributed by atoms with Crippen molar-refractivity contribution in [1.29, 1.82) is 0 Å². The molecule has 6 nitrogen and oxygen atoms in total. The van der Waals surface area contributed by atoms with Gasteiger partial charge in [-0.25, -0.2) is 4.98 Å². The summed E-state index contributed by atoms with van der Waals surface area (Å²) >= 11 is 0.